The van der Waals surface area contributed by atoms with Crippen LogP contribution >= 0.6 is 0 Å². The van der Waals surface area contributed by atoms with Crippen LogP contribution in [0.25, 0.3) is 0 Å². The third-order valence-corrected chi connectivity index (χ3v) is 10.8. The van der Waals surface area contributed by atoms with Crippen LogP contribution in [-0.4, -0.2) is 111 Å². The van der Waals surface area contributed by atoms with Crippen LogP contribution in [-0.2, 0) is 4.79 Å². The van der Waals surface area contributed by atoms with Gasteiger partial charge in [-0.15, -0.1) is 0 Å². The number of hydrogen-bond acceptors (Lipinski definition) is 5. The third kappa shape index (κ3) is 40.1. The van der Waals surface area contributed by atoms with Crippen LogP contribution in [0.15, 0.2) is 30.3 Å². The number of nitrogens with one attached hydrogen (secondary N) is 1. The van der Waals surface area contributed by atoms with Crippen molar-refractivity contribution in [3.8, 4) is 0 Å². The molecule has 1 aromatic carbocycles. The zero-order chi connectivity index (χ0) is 47.0. The summed E-state index contributed by atoms with van der Waals surface area (Å²) in [6.07, 6.45) is 16.7. The van der Waals surface area contributed by atoms with E-state index in [1.54, 1.807) is 0 Å². The smallest absolute Gasteiger partial charge is 0.251 e. The lowest BCUT2D eigenvalue weighted by atomic mass is 9.94. The molecule has 0 bridgehead atoms. The Hall–Kier alpha value is -1.96. The van der Waals surface area contributed by atoms with Gasteiger partial charge in [-0.05, 0) is 153 Å². The molecule has 7 heteroatoms. The second-order valence-corrected chi connectivity index (χ2v) is 15.4. The molecule has 0 spiro atoms. The molecule has 0 aromatic heterocycles. The molecule has 0 aliphatic carbocycles. The molecule has 1 N–H and O–H groups in total. The highest BCUT2D eigenvalue weighted by Gasteiger charge is 2.23. The number of rotatable bonds is 9. The van der Waals surface area contributed by atoms with Gasteiger partial charge in [0.15, 0.2) is 0 Å². The van der Waals surface area contributed by atoms with E-state index >= 15 is 0 Å². The maximum absolute atomic E-state index is 11.8. The van der Waals surface area contributed by atoms with Gasteiger partial charge in [0, 0.05) is 31.7 Å². The zero-order valence-electron chi connectivity index (χ0n) is 44.1. The summed E-state index contributed by atoms with van der Waals surface area (Å²) in [7, 11) is 2.22. The van der Waals surface area contributed by atoms with Gasteiger partial charge < -0.3 is 24.9 Å². The number of carbonyl (C=O) groups excluding carboxylic acids is 2. The molecule has 0 saturated carbocycles. The van der Waals surface area contributed by atoms with Crippen LogP contribution in [0, 0.1) is 23.7 Å². The summed E-state index contributed by atoms with van der Waals surface area (Å²) in [6.45, 7) is 48.1. The Morgan fingerprint density at radius 2 is 1.03 bits per heavy atom. The third-order valence-electron chi connectivity index (χ3n) is 10.8. The SMILES string of the molecule is CC.CC.CC.CC.CC.CC.CC1CCCN(C)CC1.CC1CCN(CC2CCN(C=O)CC2)CC1.CC1CCN(CCCNC(=O)c2ccccc2)CC1.CCCC. The molecule has 4 aliphatic rings. The van der Waals surface area contributed by atoms with Gasteiger partial charge in [-0.3, -0.25) is 9.59 Å². The number of amides is 2. The van der Waals surface area contributed by atoms with Gasteiger partial charge in [0.05, 0.1) is 0 Å². The van der Waals surface area contributed by atoms with Crippen LogP contribution < -0.4 is 5.32 Å². The van der Waals surface area contributed by atoms with Gasteiger partial charge in [-0.1, -0.05) is 149 Å². The first-order valence-corrected chi connectivity index (χ1v) is 25.9. The summed E-state index contributed by atoms with van der Waals surface area (Å²) >= 11 is 0. The Bertz CT molecular complexity index is 912. The van der Waals surface area contributed by atoms with Crippen LogP contribution in [0.4, 0.5) is 0 Å². The van der Waals surface area contributed by atoms with Crippen molar-refractivity contribution in [1.82, 2.24) is 24.9 Å². The molecule has 1 unspecified atom stereocenters. The fourth-order valence-corrected chi connectivity index (χ4v) is 6.74. The van der Waals surface area contributed by atoms with Crippen molar-refractivity contribution >= 4 is 12.3 Å². The lowest BCUT2D eigenvalue weighted by Crippen LogP contribution is -2.40. The molecule has 360 valence electrons. The zero-order valence-corrected chi connectivity index (χ0v) is 44.1. The number of piperidine rings is 3. The van der Waals surface area contributed by atoms with E-state index in [2.05, 4.69) is 61.7 Å². The van der Waals surface area contributed by atoms with Crippen LogP contribution in [0.2, 0.25) is 0 Å². The van der Waals surface area contributed by atoms with Crippen molar-refractivity contribution < 1.29 is 9.59 Å². The quantitative estimate of drug-likeness (QED) is 0.198. The molecular formula is C53H111N5O2. The highest BCUT2D eigenvalue weighted by Crippen LogP contribution is 2.22. The topological polar surface area (TPSA) is 59.1 Å². The second kappa shape index (κ2) is 53.2. The largest absolute Gasteiger partial charge is 0.352 e. The summed E-state index contributed by atoms with van der Waals surface area (Å²) in [5.74, 6) is 3.63. The van der Waals surface area contributed by atoms with Gasteiger partial charge in [0.25, 0.3) is 5.91 Å². The molecular weight excluding hydrogens is 739 g/mol. The van der Waals surface area contributed by atoms with E-state index in [0.717, 1.165) is 68.2 Å². The molecule has 4 aliphatic heterocycles. The van der Waals surface area contributed by atoms with E-state index in [1.807, 2.05) is 118 Å². The van der Waals surface area contributed by atoms with Crippen LogP contribution in [0.1, 0.15) is 205 Å². The number of unbranched alkanes of at least 4 members (excludes halogenated alkanes) is 1. The first kappa shape index (κ1) is 67.1. The van der Waals surface area contributed by atoms with Gasteiger partial charge in [0.1, 0.15) is 0 Å². The molecule has 4 heterocycles. The first-order valence-electron chi connectivity index (χ1n) is 25.9. The fraction of sp³-hybridized carbons (Fsp3) is 0.849. The lowest BCUT2D eigenvalue weighted by molar-refractivity contribution is -0.119. The molecule has 1 atom stereocenters. The molecule has 5 rings (SSSR count). The summed E-state index contributed by atoms with van der Waals surface area (Å²) in [5.41, 5.74) is 0.745. The van der Waals surface area contributed by atoms with E-state index in [0.29, 0.717) is 0 Å². The monoisotopic (exact) mass is 850 g/mol. The first-order chi connectivity index (χ1) is 29.2. The van der Waals surface area contributed by atoms with Crippen molar-refractivity contribution in [1.29, 1.82) is 0 Å². The summed E-state index contributed by atoms with van der Waals surface area (Å²) in [6, 6.07) is 9.41. The maximum Gasteiger partial charge on any atom is 0.251 e. The Morgan fingerprint density at radius 1 is 0.600 bits per heavy atom. The Balaban J connectivity index is -0.000000221. The molecule has 1 aromatic rings. The van der Waals surface area contributed by atoms with E-state index < -0.39 is 0 Å². The highest BCUT2D eigenvalue weighted by molar-refractivity contribution is 5.94. The molecule has 4 fully saturated rings. The normalized spacial score (nSPS) is 18.3. The maximum atomic E-state index is 11.8. The van der Waals surface area contributed by atoms with Crippen molar-refractivity contribution in [3.05, 3.63) is 35.9 Å². The minimum atomic E-state index is 0.0351. The van der Waals surface area contributed by atoms with E-state index in [4.69, 9.17) is 0 Å². The number of benzene rings is 1. The van der Waals surface area contributed by atoms with Crippen molar-refractivity contribution in [2.45, 2.75) is 195 Å². The highest BCUT2D eigenvalue weighted by atomic mass is 16.1. The average molecular weight is 851 g/mol. The number of nitrogens with zero attached hydrogens (tertiary/aromatic N) is 4. The summed E-state index contributed by atoms with van der Waals surface area (Å²) in [4.78, 5) is 31.9. The predicted molar refractivity (Wildman–Crippen MR) is 273 cm³/mol. The molecule has 7 nitrogen and oxygen atoms in total. The minimum Gasteiger partial charge on any atom is -0.352 e. The van der Waals surface area contributed by atoms with Gasteiger partial charge >= 0.3 is 0 Å². The lowest BCUT2D eigenvalue weighted by Gasteiger charge is -2.36. The van der Waals surface area contributed by atoms with Gasteiger partial charge in [0.2, 0.25) is 6.41 Å². The summed E-state index contributed by atoms with van der Waals surface area (Å²) < 4.78 is 0. The van der Waals surface area contributed by atoms with Crippen LogP contribution in [0.5, 0.6) is 0 Å². The predicted octanol–water partition coefficient (Wildman–Crippen LogP) is 13.8. The number of likely N-dealkylation sites (tertiary alicyclic amines) is 4. The molecule has 0 radical (unpaired) electrons. The minimum absolute atomic E-state index is 0.0351. The molecule has 2 amide bonds. The number of hydrogen-bond donors (Lipinski definition) is 1. The molecule has 4 saturated heterocycles. The van der Waals surface area contributed by atoms with E-state index in [-0.39, 0.29) is 5.91 Å². The van der Waals surface area contributed by atoms with E-state index in [9.17, 15) is 9.59 Å². The van der Waals surface area contributed by atoms with Crippen molar-refractivity contribution in [2.24, 2.45) is 23.7 Å². The Morgan fingerprint density at radius 3 is 1.48 bits per heavy atom. The van der Waals surface area contributed by atoms with E-state index in [1.165, 1.54) is 116 Å². The van der Waals surface area contributed by atoms with Gasteiger partial charge in [-0.25, -0.2) is 0 Å². The fourth-order valence-electron chi connectivity index (χ4n) is 6.74. The second-order valence-electron chi connectivity index (χ2n) is 15.4. The van der Waals surface area contributed by atoms with Crippen molar-refractivity contribution in [3.63, 3.8) is 0 Å². The Labute approximate surface area is 379 Å². The standard InChI is InChI=1S/C16H24N2O.C13H24N2O.C8H17N.C4H10.6C2H6/c1-14-8-12-18(13-9-14)11-5-10-17-16(19)15-6-3-2-4-7-15;1-12-2-6-14(7-3-12)10-13-4-8-15(11-16)9-5-13;1-8-4-3-6-9(2)7-5-8;1-3-4-2;6*1-2/h2-4,6-7,14H,5,8-13H2,1H3,(H,17,19);11-13H,2-10H2,1H3;8H,3-7H2,1-2H3;3-4H2,1-2H3;6*1-2H3. The Kier molecular flexibility index (Phi) is 59.5. The summed E-state index contributed by atoms with van der Waals surface area (Å²) in [5, 5.41) is 2.98. The average Bonchev–Trinajstić information content (AvgIpc) is 3.53. The van der Waals surface area contributed by atoms with Crippen LogP contribution in [0.3, 0.4) is 0 Å². The van der Waals surface area contributed by atoms with Crippen molar-refractivity contribution in [2.75, 3.05) is 79.0 Å². The molecule has 60 heavy (non-hydrogen) atoms. The van der Waals surface area contributed by atoms with Gasteiger partial charge in [-0.2, -0.15) is 0 Å². The number of carbonyl (C=O) groups is 2.